The average molecular weight is 356 g/mol. The SMILES string of the molecule is COC(=O)c1ccc(OCc2ccc(Cl)cc2)c(Br)c1. The highest BCUT2D eigenvalue weighted by Gasteiger charge is 2.09. The van der Waals surface area contributed by atoms with E-state index in [4.69, 9.17) is 16.3 Å². The van der Waals surface area contributed by atoms with E-state index in [0.717, 1.165) is 5.56 Å². The second-order valence-corrected chi connectivity index (χ2v) is 5.34. The first-order valence-corrected chi connectivity index (χ1v) is 7.02. The molecule has 5 heteroatoms. The molecule has 0 amide bonds. The van der Waals surface area contributed by atoms with Crippen molar-refractivity contribution in [1.29, 1.82) is 0 Å². The molecular weight excluding hydrogens is 344 g/mol. The van der Waals surface area contributed by atoms with Gasteiger partial charge in [-0.25, -0.2) is 4.79 Å². The Kier molecular flexibility index (Phi) is 5.04. The van der Waals surface area contributed by atoms with Crippen LogP contribution in [0, 0.1) is 0 Å². The van der Waals surface area contributed by atoms with Gasteiger partial charge in [0.1, 0.15) is 12.4 Å². The molecule has 0 aromatic heterocycles. The number of carbonyl (C=O) groups excluding carboxylic acids is 1. The second kappa shape index (κ2) is 6.77. The molecule has 0 N–H and O–H groups in total. The van der Waals surface area contributed by atoms with Gasteiger partial charge in [0.15, 0.2) is 0 Å². The Morgan fingerprint density at radius 3 is 2.50 bits per heavy atom. The van der Waals surface area contributed by atoms with Crippen molar-refractivity contribution in [3.63, 3.8) is 0 Å². The van der Waals surface area contributed by atoms with Crippen LogP contribution in [0.25, 0.3) is 0 Å². The molecule has 2 rings (SSSR count). The standard InChI is InChI=1S/C15H12BrClO3/c1-19-15(18)11-4-7-14(13(16)8-11)20-9-10-2-5-12(17)6-3-10/h2-8H,9H2,1H3. The molecule has 0 saturated heterocycles. The highest BCUT2D eigenvalue weighted by molar-refractivity contribution is 9.10. The number of rotatable bonds is 4. The third kappa shape index (κ3) is 3.74. The van der Waals surface area contributed by atoms with Crippen LogP contribution in [0.2, 0.25) is 5.02 Å². The minimum absolute atomic E-state index is 0.380. The van der Waals surface area contributed by atoms with Gasteiger partial charge in [-0.05, 0) is 51.8 Å². The normalized spacial score (nSPS) is 10.2. The Hall–Kier alpha value is -1.52. The molecule has 0 bridgehead atoms. The summed E-state index contributed by atoms with van der Waals surface area (Å²) in [5, 5.41) is 0.692. The third-order valence-electron chi connectivity index (χ3n) is 2.66. The average Bonchev–Trinajstić information content (AvgIpc) is 2.46. The number of halogens is 2. The molecule has 20 heavy (non-hydrogen) atoms. The fraction of sp³-hybridized carbons (Fsp3) is 0.133. The molecule has 0 radical (unpaired) electrons. The van der Waals surface area contributed by atoms with Crippen molar-refractivity contribution in [1.82, 2.24) is 0 Å². The van der Waals surface area contributed by atoms with E-state index >= 15 is 0 Å². The van der Waals surface area contributed by atoms with E-state index in [1.54, 1.807) is 18.2 Å². The zero-order valence-electron chi connectivity index (χ0n) is 10.7. The van der Waals surface area contributed by atoms with E-state index in [0.29, 0.717) is 27.4 Å². The summed E-state index contributed by atoms with van der Waals surface area (Å²) in [5.41, 5.74) is 1.48. The zero-order chi connectivity index (χ0) is 14.5. The molecule has 2 aromatic rings. The fourth-order valence-corrected chi connectivity index (χ4v) is 2.22. The zero-order valence-corrected chi connectivity index (χ0v) is 13.1. The van der Waals surface area contributed by atoms with Gasteiger partial charge < -0.3 is 9.47 Å². The van der Waals surface area contributed by atoms with Crippen LogP contribution >= 0.6 is 27.5 Å². The maximum Gasteiger partial charge on any atom is 0.337 e. The Morgan fingerprint density at radius 1 is 1.20 bits per heavy atom. The predicted octanol–water partition coefficient (Wildman–Crippen LogP) is 4.47. The molecular formula is C15H12BrClO3. The second-order valence-electron chi connectivity index (χ2n) is 4.05. The first-order chi connectivity index (χ1) is 9.60. The van der Waals surface area contributed by atoms with Crippen molar-refractivity contribution in [2.24, 2.45) is 0 Å². The monoisotopic (exact) mass is 354 g/mol. The van der Waals surface area contributed by atoms with Crippen LogP contribution in [0.3, 0.4) is 0 Å². The maximum atomic E-state index is 11.4. The van der Waals surface area contributed by atoms with E-state index in [1.165, 1.54) is 7.11 Å². The van der Waals surface area contributed by atoms with Crippen molar-refractivity contribution >= 4 is 33.5 Å². The summed E-state index contributed by atoms with van der Waals surface area (Å²) in [5.74, 6) is 0.280. The lowest BCUT2D eigenvalue weighted by atomic mass is 10.2. The van der Waals surface area contributed by atoms with E-state index in [2.05, 4.69) is 20.7 Å². The molecule has 0 aliphatic heterocycles. The van der Waals surface area contributed by atoms with Crippen LogP contribution in [0.5, 0.6) is 5.75 Å². The Bertz CT molecular complexity index is 611. The van der Waals surface area contributed by atoms with Gasteiger partial charge in [0.05, 0.1) is 17.1 Å². The summed E-state index contributed by atoms with van der Waals surface area (Å²) in [6, 6.07) is 12.5. The highest BCUT2D eigenvalue weighted by atomic mass is 79.9. The van der Waals surface area contributed by atoms with Gasteiger partial charge in [0.25, 0.3) is 0 Å². The lowest BCUT2D eigenvalue weighted by molar-refractivity contribution is 0.0600. The van der Waals surface area contributed by atoms with Gasteiger partial charge in [0.2, 0.25) is 0 Å². The summed E-state index contributed by atoms with van der Waals surface area (Å²) >= 11 is 9.20. The fourth-order valence-electron chi connectivity index (χ4n) is 1.60. The summed E-state index contributed by atoms with van der Waals surface area (Å²) in [4.78, 5) is 11.4. The summed E-state index contributed by atoms with van der Waals surface area (Å²) < 4.78 is 11.1. The van der Waals surface area contributed by atoms with E-state index in [-0.39, 0.29) is 5.97 Å². The Balaban J connectivity index is 2.06. The van der Waals surface area contributed by atoms with E-state index < -0.39 is 0 Å². The molecule has 0 spiro atoms. The van der Waals surface area contributed by atoms with Gasteiger partial charge in [-0.1, -0.05) is 23.7 Å². The molecule has 0 atom stereocenters. The number of hydrogen-bond acceptors (Lipinski definition) is 3. The Labute approximate surface area is 130 Å². The minimum Gasteiger partial charge on any atom is -0.488 e. The van der Waals surface area contributed by atoms with E-state index in [1.807, 2.05) is 24.3 Å². The Morgan fingerprint density at radius 2 is 1.90 bits per heavy atom. The van der Waals surface area contributed by atoms with Crippen molar-refractivity contribution in [2.75, 3.05) is 7.11 Å². The quantitative estimate of drug-likeness (QED) is 0.759. The first-order valence-electron chi connectivity index (χ1n) is 5.85. The number of hydrogen-bond donors (Lipinski definition) is 0. The summed E-state index contributed by atoms with van der Waals surface area (Å²) in [6.07, 6.45) is 0. The third-order valence-corrected chi connectivity index (χ3v) is 3.53. The van der Waals surface area contributed by atoms with Crippen molar-refractivity contribution in [2.45, 2.75) is 6.61 Å². The molecule has 0 unspecified atom stereocenters. The molecule has 3 nitrogen and oxygen atoms in total. The summed E-state index contributed by atoms with van der Waals surface area (Å²) in [6.45, 7) is 0.424. The maximum absolute atomic E-state index is 11.4. The van der Waals surface area contributed by atoms with Crippen LogP contribution < -0.4 is 4.74 Å². The van der Waals surface area contributed by atoms with Crippen molar-refractivity contribution in [3.05, 3.63) is 63.1 Å². The molecule has 0 heterocycles. The molecule has 0 aliphatic carbocycles. The van der Waals surface area contributed by atoms with E-state index in [9.17, 15) is 4.79 Å². The van der Waals surface area contributed by atoms with Gasteiger partial charge >= 0.3 is 5.97 Å². The topological polar surface area (TPSA) is 35.5 Å². The lowest BCUT2D eigenvalue weighted by Crippen LogP contribution is -2.02. The van der Waals surface area contributed by atoms with Crippen LogP contribution in [0.4, 0.5) is 0 Å². The number of ether oxygens (including phenoxy) is 2. The van der Waals surface area contributed by atoms with Crippen LogP contribution in [-0.4, -0.2) is 13.1 Å². The van der Waals surface area contributed by atoms with Crippen LogP contribution in [0.1, 0.15) is 15.9 Å². The molecule has 0 fully saturated rings. The summed E-state index contributed by atoms with van der Waals surface area (Å²) in [7, 11) is 1.35. The number of esters is 1. The predicted molar refractivity (Wildman–Crippen MR) is 81.3 cm³/mol. The van der Waals surface area contributed by atoms with Crippen LogP contribution in [-0.2, 0) is 11.3 Å². The van der Waals surface area contributed by atoms with Gasteiger partial charge in [-0.2, -0.15) is 0 Å². The smallest absolute Gasteiger partial charge is 0.337 e. The van der Waals surface area contributed by atoms with Crippen LogP contribution in [0.15, 0.2) is 46.9 Å². The first kappa shape index (κ1) is 14.9. The molecule has 104 valence electrons. The molecule has 0 saturated carbocycles. The number of carbonyl (C=O) groups is 1. The van der Waals surface area contributed by atoms with Crippen molar-refractivity contribution in [3.8, 4) is 5.75 Å². The highest BCUT2D eigenvalue weighted by Crippen LogP contribution is 2.27. The van der Waals surface area contributed by atoms with Gasteiger partial charge in [0, 0.05) is 5.02 Å². The molecule has 0 aliphatic rings. The molecule has 2 aromatic carbocycles. The van der Waals surface area contributed by atoms with Gasteiger partial charge in [-0.3, -0.25) is 0 Å². The number of methoxy groups -OCH3 is 1. The largest absolute Gasteiger partial charge is 0.488 e. The van der Waals surface area contributed by atoms with Gasteiger partial charge in [-0.15, -0.1) is 0 Å². The van der Waals surface area contributed by atoms with Crippen molar-refractivity contribution < 1.29 is 14.3 Å². The number of benzene rings is 2. The minimum atomic E-state index is -0.380. The lowest BCUT2D eigenvalue weighted by Gasteiger charge is -2.09.